The molecule has 0 radical (unpaired) electrons. The summed E-state index contributed by atoms with van der Waals surface area (Å²) in [6.45, 7) is 0. The van der Waals surface area contributed by atoms with Gasteiger partial charge in [-0.1, -0.05) is 146 Å². The van der Waals surface area contributed by atoms with Crippen LogP contribution in [0.15, 0.2) is 237 Å². The Morgan fingerprint density at radius 2 is 0.850 bits per heavy atom. The Labute approximate surface area is 453 Å². The number of nitriles is 1. The van der Waals surface area contributed by atoms with Gasteiger partial charge in [-0.05, 0) is 130 Å². The van der Waals surface area contributed by atoms with E-state index in [1.54, 1.807) is 18.2 Å². The number of benzene rings is 11. The molecule has 1 unspecified atom stereocenters. The Kier molecular flexibility index (Phi) is 10.3. The van der Waals surface area contributed by atoms with Gasteiger partial charge in [0.05, 0.1) is 61.5 Å². The molecule has 0 aliphatic heterocycles. The van der Waals surface area contributed by atoms with Crippen molar-refractivity contribution in [3.05, 3.63) is 270 Å². The van der Waals surface area contributed by atoms with Crippen LogP contribution in [-0.4, -0.2) is 13.7 Å². The maximum Gasteiger partial charge on any atom is 0.417 e. The number of rotatable bonds is 6. The Bertz CT molecular complexity index is 4860. The number of hydrogen-bond donors (Lipinski definition) is 0. The van der Waals surface area contributed by atoms with Crippen LogP contribution < -0.4 is 0 Å². The van der Waals surface area contributed by atoms with Gasteiger partial charge in [0, 0.05) is 60.7 Å². The second kappa shape index (κ2) is 17.5. The van der Waals surface area contributed by atoms with Crippen LogP contribution in [0.1, 0.15) is 39.3 Å². The third-order valence-electron chi connectivity index (χ3n) is 16.2. The van der Waals surface area contributed by atoms with Gasteiger partial charge >= 0.3 is 12.4 Å². The Morgan fingerprint density at radius 1 is 0.350 bits per heavy atom. The molecular formula is C70H40F6N4. The van der Waals surface area contributed by atoms with E-state index in [4.69, 9.17) is 0 Å². The van der Waals surface area contributed by atoms with E-state index >= 15 is 13.2 Å². The highest BCUT2D eigenvalue weighted by atomic mass is 19.4. The summed E-state index contributed by atoms with van der Waals surface area (Å²) in [6, 6.07) is 76.7. The van der Waals surface area contributed by atoms with Gasteiger partial charge in [0.2, 0.25) is 0 Å². The number of fused-ring (bicyclic) bond motifs is 12. The largest absolute Gasteiger partial charge is 0.417 e. The summed E-state index contributed by atoms with van der Waals surface area (Å²) < 4.78 is 94.8. The van der Waals surface area contributed by atoms with Crippen molar-refractivity contribution in [3.63, 3.8) is 0 Å². The van der Waals surface area contributed by atoms with Crippen LogP contribution in [0.3, 0.4) is 0 Å². The van der Waals surface area contributed by atoms with Crippen LogP contribution in [0.2, 0.25) is 0 Å². The van der Waals surface area contributed by atoms with Crippen LogP contribution in [0.25, 0.3) is 116 Å². The van der Waals surface area contributed by atoms with Gasteiger partial charge in [-0.2, -0.15) is 31.6 Å². The van der Waals surface area contributed by atoms with E-state index in [0.717, 1.165) is 111 Å². The quantitative estimate of drug-likeness (QED) is 0.153. The van der Waals surface area contributed by atoms with Gasteiger partial charge in [-0.3, -0.25) is 0 Å². The molecule has 1 atom stereocenters. The van der Waals surface area contributed by atoms with E-state index < -0.39 is 35.0 Å². The minimum atomic E-state index is -5.15. The van der Waals surface area contributed by atoms with Crippen molar-refractivity contribution >= 4 is 65.4 Å². The molecule has 10 heteroatoms. The van der Waals surface area contributed by atoms with Crippen molar-refractivity contribution in [3.8, 4) is 56.5 Å². The monoisotopic (exact) mass is 1050 g/mol. The molecule has 4 nitrogen and oxygen atoms in total. The molecule has 1 aliphatic rings. The van der Waals surface area contributed by atoms with Crippen LogP contribution >= 0.6 is 0 Å². The molecule has 0 spiro atoms. The first kappa shape index (κ1) is 47.1. The standard InChI is InChI=1S/C70H40F6N4/c71-69(72,73)43-29-32-46(59(37-43)70(74,75)76)41-28-34-66(80-64-27-12-7-20-52(64)57-39-45(31-35-65(57)80)79-62-25-10-5-18-50(62)51-19-6-11-26-63(51)79)58(36-41)67-42(40-77)14-13-22-55(67)68-53-21-2-1-15-47(53)56-38-44(30-33-54(56)68)78-60-23-8-3-16-48(60)49-17-4-9-24-61(49)78/h1-39,68H. The first-order valence-electron chi connectivity index (χ1n) is 26.1. The van der Waals surface area contributed by atoms with Crippen molar-refractivity contribution in [1.82, 2.24) is 13.7 Å². The van der Waals surface area contributed by atoms with Crippen molar-refractivity contribution in [1.29, 1.82) is 5.26 Å². The lowest BCUT2D eigenvalue weighted by molar-refractivity contribution is -0.142. The van der Waals surface area contributed by atoms with E-state index in [2.05, 4.69) is 117 Å². The fourth-order valence-corrected chi connectivity index (χ4v) is 12.9. The number of alkyl halides is 6. The van der Waals surface area contributed by atoms with E-state index in [-0.39, 0.29) is 17.2 Å². The smallest absolute Gasteiger partial charge is 0.309 e. The first-order chi connectivity index (χ1) is 38.9. The fraction of sp³-hybridized carbons (Fsp3) is 0.0429. The normalized spacial score (nSPS) is 13.5. The lowest BCUT2D eigenvalue weighted by Crippen LogP contribution is -2.12. The highest BCUT2D eigenvalue weighted by molar-refractivity contribution is 6.13. The molecular weight excluding hydrogens is 1010 g/mol. The minimum Gasteiger partial charge on any atom is -0.309 e. The minimum absolute atomic E-state index is 0.0287. The molecule has 0 saturated carbocycles. The Hall–Kier alpha value is -10.1. The number of halogens is 6. The molecule has 11 aromatic carbocycles. The zero-order valence-electron chi connectivity index (χ0n) is 42.2. The predicted molar refractivity (Wildman–Crippen MR) is 308 cm³/mol. The average molecular weight is 1050 g/mol. The third-order valence-corrected chi connectivity index (χ3v) is 16.2. The second-order valence-electron chi connectivity index (χ2n) is 20.5. The van der Waals surface area contributed by atoms with Gasteiger partial charge in [-0.25, -0.2) is 0 Å². The predicted octanol–water partition coefficient (Wildman–Crippen LogP) is 19.4. The number of hydrogen-bond acceptors (Lipinski definition) is 1. The van der Waals surface area contributed by atoms with E-state index in [9.17, 15) is 18.4 Å². The topological polar surface area (TPSA) is 38.6 Å². The number of aromatic nitrogens is 3. The molecule has 14 aromatic rings. The van der Waals surface area contributed by atoms with Crippen molar-refractivity contribution in [2.45, 2.75) is 18.3 Å². The van der Waals surface area contributed by atoms with Gasteiger partial charge in [0.25, 0.3) is 0 Å². The summed E-state index contributed by atoms with van der Waals surface area (Å²) in [6.07, 6.45) is -10.2. The lowest BCUT2D eigenvalue weighted by atomic mass is 9.81. The summed E-state index contributed by atoms with van der Waals surface area (Å²) in [5, 5.41) is 17.6. The molecule has 80 heavy (non-hydrogen) atoms. The first-order valence-corrected chi connectivity index (χ1v) is 26.1. The van der Waals surface area contributed by atoms with Gasteiger partial charge in [-0.15, -0.1) is 0 Å². The molecule has 15 rings (SSSR count). The van der Waals surface area contributed by atoms with Crippen molar-refractivity contribution < 1.29 is 26.3 Å². The van der Waals surface area contributed by atoms with E-state index in [1.165, 1.54) is 6.07 Å². The molecule has 0 saturated heterocycles. The lowest BCUT2D eigenvalue weighted by Gasteiger charge is -2.24. The zero-order valence-corrected chi connectivity index (χ0v) is 42.2. The second-order valence-corrected chi connectivity index (χ2v) is 20.5. The van der Waals surface area contributed by atoms with Crippen LogP contribution in [-0.2, 0) is 12.4 Å². The molecule has 3 aromatic heterocycles. The molecule has 0 fully saturated rings. The zero-order chi connectivity index (χ0) is 54.2. The molecule has 3 heterocycles. The van der Waals surface area contributed by atoms with Gasteiger partial charge in [0.1, 0.15) is 0 Å². The van der Waals surface area contributed by atoms with Crippen LogP contribution in [0, 0.1) is 11.3 Å². The Morgan fingerprint density at radius 3 is 1.44 bits per heavy atom. The number of para-hydroxylation sites is 5. The highest BCUT2D eigenvalue weighted by Crippen LogP contribution is 2.53. The average Bonchev–Trinajstić information content (AvgIpc) is 4.36. The highest BCUT2D eigenvalue weighted by Gasteiger charge is 2.39. The summed E-state index contributed by atoms with van der Waals surface area (Å²) in [5.74, 6) is -0.461. The van der Waals surface area contributed by atoms with Crippen molar-refractivity contribution in [2.75, 3.05) is 0 Å². The Balaban J connectivity index is 0.993. The van der Waals surface area contributed by atoms with Gasteiger partial charge in [0.15, 0.2) is 0 Å². The van der Waals surface area contributed by atoms with Crippen LogP contribution in [0.4, 0.5) is 26.3 Å². The summed E-state index contributed by atoms with van der Waals surface area (Å²) in [7, 11) is 0. The molecule has 382 valence electrons. The fourth-order valence-electron chi connectivity index (χ4n) is 12.9. The summed E-state index contributed by atoms with van der Waals surface area (Å²) >= 11 is 0. The maximum atomic E-state index is 15.2. The van der Waals surface area contributed by atoms with Gasteiger partial charge < -0.3 is 13.7 Å². The molecule has 0 amide bonds. The third kappa shape index (κ3) is 7.03. The molecule has 0 bridgehead atoms. The van der Waals surface area contributed by atoms with Crippen LogP contribution in [0.5, 0.6) is 0 Å². The maximum absolute atomic E-state index is 15.2. The molecule has 0 N–H and O–H groups in total. The SMILES string of the molecule is N#Cc1cccc(C2c3ccccc3-c3cc(-n4c5ccccc5c5ccccc54)ccc32)c1-c1cc(-c2ccc(C(F)(F)F)cc2C(F)(F)F)ccc1-n1c2ccccc2c2cc(-n3c4ccccc4c4ccccc43)ccc21. The summed E-state index contributed by atoms with van der Waals surface area (Å²) in [4.78, 5) is 0. The van der Waals surface area contributed by atoms with E-state index in [0.29, 0.717) is 22.9 Å². The number of nitrogens with zero attached hydrogens (tertiary/aromatic N) is 4. The summed E-state index contributed by atoms with van der Waals surface area (Å²) in [5.41, 5.74) is 10.8. The van der Waals surface area contributed by atoms with E-state index in [1.807, 2.05) is 97.1 Å². The van der Waals surface area contributed by atoms with Crippen molar-refractivity contribution in [2.24, 2.45) is 0 Å². The molecule has 1 aliphatic carbocycles.